The first-order valence-corrected chi connectivity index (χ1v) is 11.6. The normalized spacial score (nSPS) is 16.4. The topological polar surface area (TPSA) is 49.3 Å². The quantitative estimate of drug-likeness (QED) is 0.346. The second-order valence-corrected chi connectivity index (χ2v) is 8.72. The zero-order valence-electron chi connectivity index (χ0n) is 16.2. The van der Waals surface area contributed by atoms with Crippen LogP contribution in [0.3, 0.4) is 0 Å². The third-order valence-corrected chi connectivity index (χ3v) is 6.93. The Balaban J connectivity index is 1.56. The van der Waals surface area contributed by atoms with E-state index in [-0.39, 0.29) is 6.04 Å². The number of carbonyl (C=O) groups is 1. The van der Waals surface area contributed by atoms with Gasteiger partial charge >= 0.3 is 0 Å². The molecule has 28 heavy (non-hydrogen) atoms. The summed E-state index contributed by atoms with van der Waals surface area (Å²) >= 11 is 3.35. The van der Waals surface area contributed by atoms with Crippen molar-refractivity contribution in [2.75, 3.05) is 37.3 Å². The minimum Gasteiger partial charge on any atom is -0.353 e. The van der Waals surface area contributed by atoms with E-state index in [2.05, 4.69) is 22.8 Å². The summed E-state index contributed by atoms with van der Waals surface area (Å²) in [6.45, 7) is 5.56. The molecule has 1 aliphatic heterocycles. The Kier molecular flexibility index (Phi) is 5.94. The van der Waals surface area contributed by atoms with Crippen molar-refractivity contribution in [3.8, 4) is 0 Å². The van der Waals surface area contributed by atoms with Crippen LogP contribution in [0.25, 0.3) is 10.2 Å². The number of aromatic nitrogens is 2. The van der Waals surface area contributed by atoms with Crippen molar-refractivity contribution >= 4 is 45.4 Å². The van der Waals surface area contributed by atoms with E-state index in [1.807, 2.05) is 36.6 Å². The largest absolute Gasteiger partial charge is 0.353 e. The van der Waals surface area contributed by atoms with Crippen LogP contribution in [0.5, 0.6) is 0 Å². The molecule has 3 heterocycles. The molecular formula is C21H24N4OS2. The van der Waals surface area contributed by atoms with Crippen LogP contribution in [-0.4, -0.2) is 53.6 Å². The fourth-order valence-electron chi connectivity index (χ4n) is 3.68. The summed E-state index contributed by atoms with van der Waals surface area (Å²) in [5.41, 5.74) is 1.06. The number of benzene rings is 1. The number of thiophene rings is 1. The van der Waals surface area contributed by atoms with Gasteiger partial charge < -0.3 is 9.69 Å². The van der Waals surface area contributed by atoms with Crippen molar-refractivity contribution < 1.29 is 4.79 Å². The molecule has 0 aliphatic carbocycles. The number of aldehydes is 1. The molecule has 0 amide bonds. The van der Waals surface area contributed by atoms with Gasteiger partial charge in [0, 0.05) is 31.1 Å². The van der Waals surface area contributed by atoms with Gasteiger partial charge in [-0.2, -0.15) is 0 Å². The highest BCUT2D eigenvalue weighted by Crippen LogP contribution is 2.34. The maximum Gasteiger partial charge on any atom is 0.190 e. The number of aryl methyl sites for hydroxylation is 1. The lowest BCUT2D eigenvalue weighted by Crippen LogP contribution is -2.48. The van der Waals surface area contributed by atoms with Crippen molar-refractivity contribution in [1.29, 1.82) is 0 Å². The van der Waals surface area contributed by atoms with Gasteiger partial charge in [0.2, 0.25) is 0 Å². The Labute approximate surface area is 173 Å². The molecule has 2 aromatic heterocycles. The molecule has 0 bridgehead atoms. The molecule has 0 saturated carbocycles. The summed E-state index contributed by atoms with van der Waals surface area (Å²) in [5, 5.41) is 1.98. The van der Waals surface area contributed by atoms with Gasteiger partial charge in [0.05, 0.1) is 11.4 Å². The smallest absolute Gasteiger partial charge is 0.190 e. The summed E-state index contributed by atoms with van der Waals surface area (Å²) in [6, 6.07) is 12.1. The van der Waals surface area contributed by atoms with E-state index in [9.17, 15) is 4.79 Å². The average Bonchev–Trinajstić information content (AvgIpc) is 3.18. The van der Waals surface area contributed by atoms with Gasteiger partial charge in [0.1, 0.15) is 16.9 Å². The summed E-state index contributed by atoms with van der Waals surface area (Å²) in [6.07, 6.45) is 4.10. The summed E-state index contributed by atoms with van der Waals surface area (Å²) in [4.78, 5) is 28.3. The van der Waals surface area contributed by atoms with Gasteiger partial charge in [-0.25, -0.2) is 9.97 Å². The standard InChI is InChI=1S/C21H24N4OS2/c1-3-16-13-17-19(22-21(27-2)23-20(17)28-16)25-11-9-24(10-12-25)18(14-26)15-7-5-4-6-8-15/h4-8,13-14,18H,3,9-12H2,1-2H3. The predicted molar refractivity (Wildman–Crippen MR) is 118 cm³/mol. The molecule has 1 unspecified atom stereocenters. The number of rotatable bonds is 6. The highest BCUT2D eigenvalue weighted by molar-refractivity contribution is 7.98. The number of hydrogen-bond donors (Lipinski definition) is 0. The first-order chi connectivity index (χ1) is 13.7. The van der Waals surface area contributed by atoms with Crippen molar-refractivity contribution in [3.63, 3.8) is 0 Å². The van der Waals surface area contributed by atoms with Crippen LogP contribution in [0.1, 0.15) is 23.4 Å². The molecule has 146 valence electrons. The number of anilines is 1. The molecule has 0 radical (unpaired) electrons. The van der Waals surface area contributed by atoms with Crippen molar-refractivity contribution in [2.24, 2.45) is 0 Å². The fraction of sp³-hybridized carbons (Fsp3) is 0.381. The third-order valence-electron chi connectivity index (χ3n) is 5.21. The number of piperazine rings is 1. The van der Waals surface area contributed by atoms with Crippen LogP contribution in [0.4, 0.5) is 5.82 Å². The van der Waals surface area contributed by atoms with E-state index in [1.54, 1.807) is 23.1 Å². The van der Waals surface area contributed by atoms with E-state index in [1.165, 1.54) is 4.88 Å². The molecule has 0 spiro atoms. The number of nitrogens with zero attached hydrogens (tertiary/aromatic N) is 4. The molecule has 3 aromatic rings. The van der Waals surface area contributed by atoms with E-state index >= 15 is 0 Å². The lowest BCUT2D eigenvalue weighted by Gasteiger charge is -2.38. The van der Waals surface area contributed by atoms with Gasteiger partial charge in [0.15, 0.2) is 5.16 Å². The number of fused-ring (bicyclic) bond motifs is 1. The lowest BCUT2D eigenvalue weighted by atomic mass is 10.1. The summed E-state index contributed by atoms with van der Waals surface area (Å²) in [5.74, 6) is 1.03. The number of thioether (sulfide) groups is 1. The first-order valence-electron chi connectivity index (χ1n) is 9.57. The maximum atomic E-state index is 11.8. The molecule has 4 rings (SSSR count). The van der Waals surface area contributed by atoms with E-state index in [4.69, 9.17) is 9.97 Å². The van der Waals surface area contributed by atoms with Crippen molar-refractivity contribution in [3.05, 3.63) is 46.8 Å². The Morgan fingerprint density at radius 1 is 1.18 bits per heavy atom. The zero-order valence-corrected chi connectivity index (χ0v) is 17.8. The molecule has 1 atom stereocenters. The summed E-state index contributed by atoms with van der Waals surface area (Å²) in [7, 11) is 0. The van der Waals surface area contributed by atoms with Gasteiger partial charge in [-0.05, 0) is 24.3 Å². The number of carbonyl (C=O) groups excluding carboxylic acids is 1. The Morgan fingerprint density at radius 3 is 2.57 bits per heavy atom. The van der Waals surface area contributed by atoms with Crippen LogP contribution < -0.4 is 4.90 Å². The van der Waals surface area contributed by atoms with Crippen LogP contribution in [0.2, 0.25) is 0 Å². The van der Waals surface area contributed by atoms with Crippen molar-refractivity contribution in [2.45, 2.75) is 24.5 Å². The van der Waals surface area contributed by atoms with Crippen molar-refractivity contribution in [1.82, 2.24) is 14.9 Å². The molecule has 0 N–H and O–H groups in total. The Morgan fingerprint density at radius 2 is 1.93 bits per heavy atom. The molecule has 5 nitrogen and oxygen atoms in total. The minimum atomic E-state index is -0.177. The van der Waals surface area contributed by atoms with Gasteiger partial charge in [-0.15, -0.1) is 11.3 Å². The van der Waals surface area contributed by atoms with E-state index in [0.29, 0.717) is 0 Å². The molecule has 7 heteroatoms. The monoisotopic (exact) mass is 412 g/mol. The highest BCUT2D eigenvalue weighted by atomic mass is 32.2. The van der Waals surface area contributed by atoms with Crippen LogP contribution in [0.15, 0.2) is 41.6 Å². The van der Waals surface area contributed by atoms with Crippen LogP contribution in [-0.2, 0) is 11.2 Å². The third kappa shape index (κ3) is 3.79. The average molecular weight is 413 g/mol. The fourth-order valence-corrected chi connectivity index (χ4v) is 5.06. The van der Waals surface area contributed by atoms with Crippen LogP contribution in [0, 0.1) is 0 Å². The van der Waals surface area contributed by atoms with Gasteiger partial charge in [0.25, 0.3) is 0 Å². The Bertz CT molecular complexity index is 952. The maximum absolute atomic E-state index is 11.8. The van der Waals surface area contributed by atoms with Gasteiger partial charge in [-0.3, -0.25) is 4.90 Å². The molecule has 1 aliphatic rings. The lowest BCUT2D eigenvalue weighted by molar-refractivity contribution is -0.112. The Hall–Kier alpha value is -1.96. The summed E-state index contributed by atoms with van der Waals surface area (Å²) < 4.78 is 0. The predicted octanol–water partition coefficient (Wildman–Crippen LogP) is 4.04. The zero-order chi connectivity index (χ0) is 19.5. The molecule has 1 aromatic carbocycles. The van der Waals surface area contributed by atoms with Crippen LogP contribution >= 0.6 is 23.1 Å². The molecule has 1 fully saturated rings. The number of hydrogen-bond acceptors (Lipinski definition) is 7. The second kappa shape index (κ2) is 8.59. The minimum absolute atomic E-state index is 0.177. The second-order valence-electron chi connectivity index (χ2n) is 6.83. The SMILES string of the molecule is CCc1cc2c(N3CCN(C(C=O)c4ccccc4)CC3)nc(SC)nc2s1. The molecule has 1 saturated heterocycles. The van der Waals surface area contributed by atoms with E-state index < -0.39 is 0 Å². The first kappa shape index (κ1) is 19.4. The molecular weight excluding hydrogens is 388 g/mol. The van der Waals surface area contributed by atoms with Gasteiger partial charge in [-0.1, -0.05) is 49.0 Å². The van der Waals surface area contributed by atoms with E-state index in [0.717, 1.165) is 65.6 Å². The highest BCUT2D eigenvalue weighted by Gasteiger charge is 2.26.